The highest BCUT2D eigenvalue weighted by Gasteiger charge is 2.18. The molecule has 0 saturated carbocycles. The normalized spacial score (nSPS) is 23.2. The molecule has 0 radical (unpaired) electrons. The Morgan fingerprint density at radius 1 is 1.73 bits per heavy atom. The van der Waals surface area contributed by atoms with E-state index in [-0.39, 0.29) is 0 Å². The molecular formula is C8H11BrN2. The molecule has 1 unspecified atom stereocenters. The van der Waals surface area contributed by atoms with Crippen molar-refractivity contribution in [3.05, 3.63) is 18.0 Å². The second-order valence-corrected chi connectivity index (χ2v) is 3.62. The number of alkyl halides is 1. The van der Waals surface area contributed by atoms with Crippen molar-refractivity contribution in [2.75, 3.05) is 5.33 Å². The molecule has 60 valence electrons. The molecule has 2 heterocycles. The van der Waals surface area contributed by atoms with Crippen LogP contribution < -0.4 is 0 Å². The van der Waals surface area contributed by atoms with Crippen LogP contribution in [0.4, 0.5) is 0 Å². The van der Waals surface area contributed by atoms with E-state index < -0.39 is 0 Å². The van der Waals surface area contributed by atoms with Gasteiger partial charge in [0.25, 0.3) is 0 Å². The number of aryl methyl sites for hydroxylation is 1. The van der Waals surface area contributed by atoms with Gasteiger partial charge < -0.3 is 0 Å². The minimum absolute atomic E-state index is 0.686. The molecule has 0 fully saturated rings. The van der Waals surface area contributed by atoms with Crippen LogP contribution >= 0.6 is 15.9 Å². The second kappa shape index (κ2) is 2.97. The molecule has 1 aliphatic rings. The van der Waals surface area contributed by atoms with Gasteiger partial charge in [0.1, 0.15) is 0 Å². The van der Waals surface area contributed by atoms with Crippen molar-refractivity contribution in [1.82, 2.24) is 9.78 Å². The van der Waals surface area contributed by atoms with Gasteiger partial charge in [-0.3, -0.25) is 4.68 Å². The van der Waals surface area contributed by atoms with E-state index in [9.17, 15) is 0 Å². The molecule has 0 N–H and O–H groups in total. The summed E-state index contributed by atoms with van der Waals surface area (Å²) < 4.78 is 2.12. The maximum Gasteiger partial charge on any atom is 0.0492 e. The van der Waals surface area contributed by atoms with Gasteiger partial charge in [-0.2, -0.15) is 5.10 Å². The summed E-state index contributed by atoms with van der Waals surface area (Å²) in [5.74, 6) is 0.686. The van der Waals surface area contributed by atoms with E-state index in [0.29, 0.717) is 5.92 Å². The highest BCUT2D eigenvalue weighted by Crippen LogP contribution is 2.27. The van der Waals surface area contributed by atoms with Crippen LogP contribution in [0.2, 0.25) is 0 Å². The fourth-order valence-corrected chi connectivity index (χ4v) is 2.32. The lowest BCUT2D eigenvalue weighted by Gasteiger charge is -2.21. The van der Waals surface area contributed by atoms with Crippen LogP contribution in [0.1, 0.15) is 24.5 Å². The Bertz CT molecular complexity index is 244. The summed E-state index contributed by atoms with van der Waals surface area (Å²) in [5, 5.41) is 5.32. The lowest BCUT2D eigenvalue weighted by Crippen LogP contribution is -2.16. The Morgan fingerprint density at radius 3 is 3.45 bits per heavy atom. The minimum atomic E-state index is 0.686. The molecular weight excluding hydrogens is 204 g/mol. The number of hydrogen-bond donors (Lipinski definition) is 0. The third kappa shape index (κ3) is 1.22. The molecule has 1 aromatic rings. The first-order valence-electron chi connectivity index (χ1n) is 3.99. The van der Waals surface area contributed by atoms with Crippen LogP contribution in [0.3, 0.4) is 0 Å². The molecule has 0 spiro atoms. The molecule has 1 aromatic heterocycles. The lowest BCUT2D eigenvalue weighted by atomic mass is 9.99. The van der Waals surface area contributed by atoms with Crippen LogP contribution in [0, 0.1) is 0 Å². The van der Waals surface area contributed by atoms with E-state index in [4.69, 9.17) is 0 Å². The molecule has 1 aliphatic heterocycles. The van der Waals surface area contributed by atoms with Gasteiger partial charge in [-0.05, 0) is 18.9 Å². The second-order valence-electron chi connectivity index (χ2n) is 2.97. The fraction of sp³-hybridized carbons (Fsp3) is 0.625. The number of fused-ring (bicyclic) bond motifs is 1. The SMILES string of the molecule is BrCC1CCCn2nccc21. The van der Waals surface area contributed by atoms with E-state index in [1.807, 2.05) is 6.20 Å². The summed E-state index contributed by atoms with van der Waals surface area (Å²) in [4.78, 5) is 0. The first-order chi connectivity index (χ1) is 5.42. The van der Waals surface area contributed by atoms with E-state index in [1.165, 1.54) is 18.5 Å². The van der Waals surface area contributed by atoms with Gasteiger partial charge in [-0.15, -0.1) is 0 Å². The zero-order valence-corrected chi connectivity index (χ0v) is 7.92. The summed E-state index contributed by atoms with van der Waals surface area (Å²) in [5.41, 5.74) is 1.40. The summed E-state index contributed by atoms with van der Waals surface area (Å²) in [6.45, 7) is 1.10. The van der Waals surface area contributed by atoms with Gasteiger partial charge in [0.15, 0.2) is 0 Å². The highest BCUT2D eigenvalue weighted by atomic mass is 79.9. The largest absolute Gasteiger partial charge is 0.269 e. The maximum atomic E-state index is 4.25. The quantitative estimate of drug-likeness (QED) is 0.656. The third-order valence-electron chi connectivity index (χ3n) is 2.28. The molecule has 0 amide bonds. The van der Waals surface area contributed by atoms with Gasteiger partial charge in [0, 0.05) is 29.7 Å². The molecule has 2 nitrogen and oxygen atoms in total. The predicted molar refractivity (Wildman–Crippen MR) is 48.0 cm³/mol. The summed E-state index contributed by atoms with van der Waals surface area (Å²) in [6, 6.07) is 2.13. The average Bonchev–Trinajstić information content (AvgIpc) is 2.50. The van der Waals surface area contributed by atoms with E-state index in [2.05, 4.69) is 31.8 Å². The van der Waals surface area contributed by atoms with Gasteiger partial charge in [0.05, 0.1) is 0 Å². The molecule has 0 aliphatic carbocycles. The van der Waals surface area contributed by atoms with Gasteiger partial charge in [-0.1, -0.05) is 15.9 Å². The first kappa shape index (κ1) is 7.35. The fourth-order valence-electron chi connectivity index (χ4n) is 1.67. The Kier molecular flexibility index (Phi) is 1.98. The monoisotopic (exact) mass is 214 g/mol. The topological polar surface area (TPSA) is 17.8 Å². The summed E-state index contributed by atoms with van der Waals surface area (Å²) in [6.07, 6.45) is 4.47. The van der Waals surface area contributed by atoms with E-state index in [0.717, 1.165) is 11.9 Å². The number of rotatable bonds is 1. The Balaban J connectivity index is 2.32. The van der Waals surface area contributed by atoms with E-state index >= 15 is 0 Å². The van der Waals surface area contributed by atoms with Crippen molar-refractivity contribution in [1.29, 1.82) is 0 Å². The van der Waals surface area contributed by atoms with Crippen LogP contribution in [0.15, 0.2) is 12.3 Å². The molecule has 11 heavy (non-hydrogen) atoms. The van der Waals surface area contributed by atoms with Gasteiger partial charge in [0.2, 0.25) is 0 Å². The average molecular weight is 215 g/mol. The molecule has 0 aromatic carbocycles. The van der Waals surface area contributed by atoms with Crippen molar-refractivity contribution >= 4 is 15.9 Å². The zero-order chi connectivity index (χ0) is 7.68. The molecule has 2 rings (SSSR count). The minimum Gasteiger partial charge on any atom is -0.269 e. The highest BCUT2D eigenvalue weighted by molar-refractivity contribution is 9.09. The van der Waals surface area contributed by atoms with Crippen molar-refractivity contribution in [2.24, 2.45) is 0 Å². The molecule has 1 atom stereocenters. The Hall–Kier alpha value is -0.310. The summed E-state index contributed by atoms with van der Waals surface area (Å²) in [7, 11) is 0. The first-order valence-corrected chi connectivity index (χ1v) is 5.11. The van der Waals surface area contributed by atoms with Gasteiger partial charge in [-0.25, -0.2) is 0 Å². The molecule has 0 bridgehead atoms. The van der Waals surface area contributed by atoms with Crippen molar-refractivity contribution in [2.45, 2.75) is 25.3 Å². The third-order valence-corrected chi connectivity index (χ3v) is 3.06. The van der Waals surface area contributed by atoms with Crippen LogP contribution in [-0.2, 0) is 6.54 Å². The summed E-state index contributed by atoms with van der Waals surface area (Å²) >= 11 is 3.52. The zero-order valence-electron chi connectivity index (χ0n) is 6.33. The Morgan fingerprint density at radius 2 is 2.64 bits per heavy atom. The number of halogens is 1. The van der Waals surface area contributed by atoms with Crippen LogP contribution in [0.25, 0.3) is 0 Å². The van der Waals surface area contributed by atoms with E-state index in [1.54, 1.807) is 0 Å². The van der Waals surface area contributed by atoms with Crippen molar-refractivity contribution in [3.8, 4) is 0 Å². The molecule has 3 heteroatoms. The lowest BCUT2D eigenvalue weighted by molar-refractivity contribution is 0.444. The predicted octanol–water partition coefficient (Wildman–Crippen LogP) is 2.16. The van der Waals surface area contributed by atoms with Crippen LogP contribution in [-0.4, -0.2) is 15.1 Å². The van der Waals surface area contributed by atoms with Crippen molar-refractivity contribution < 1.29 is 0 Å². The van der Waals surface area contributed by atoms with Crippen molar-refractivity contribution in [3.63, 3.8) is 0 Å². The molecule has 0 saturated heterocycles. The van der Waals surface area contributed by atoms with Crippen LogP contribution in [0.5, 0.6) is 0 Å². The Labute approximate surface area is 74.7 Å². The number of nitrogens with zero attached hydrogens (tertiary/aromatic N) is 2. The number of hydrogen-bond acceptors (Lipinski definition) is 1. The van der Waals surface area contributed by atoms with Gasteiger partial charge >= 0.3 is 0 Å². The maximum absolute atomic E-state index is 4.25. The standard InChI is InChI=1S/C8H11BrN2/c9-6-7-2-1-5-11-8(7)3-4-10-11/h3-4,7H,1-2,5-6H2. The smallest absolute Gasteiger partial charge is 0.0492 e. The number of aromatic nitrogens is 2.